The smallest absolute Gasteiger partial charge is 0.269 e. The molecule has 0 aliphatic carbocycles. The van der Waals surface area contributed by atoms with Crippen LogP contribution in [-0.4, -0.2) is 34.2 Å². The first-order chi connectivity index (χ1) is 8.99. The number of halogens is 1. The minimum Gasteiger partial charge on any atom is -0.338 e. The van der Waals surface area contributed by atoms with E-state index in [4.69, 9.17) is 11.6 Å². The summed E-state index contributed by atoms with van der Waals surface area (Å²) in [5.41, 5.74) is 0.468. The molecule has 5 nitrogen and oxygen atoms in total. The Balaban J connectivity index is 2.09. The molecule has 2 atom stereocenters. The van der Waals surface area contributed by atoms with E-state index in [0.717, 1.165) is 6.42 Å². The van der Waals surface area contributed by atoms with E-state index in [-0.39, 0.29) is 22.9 Å². The highest BCUT2D eigenvalue weighted by molar-refractivity contribution is 6.20. The number of benzene rings is 1. The predicted molar refractivity (Wildman–Crippen MR) is 72.4 cm³/mol. The molecule has 0 radical (unpaired) electrons. The van der Waals surface area contributed by atoms with E-state index in [1.54, 1.807) is 4.90 Å². The molecule has 1 aromatic rings. The Morgan fingerprint density at radius 2 is 2.05 bits per heavy atom. The highest BCUT2D eigenvalue weighted by Gasteiger charge is 2.27. The van der Waals surface area contributed by atoms with Crippen molar-refractivity contribution in [2.45, 2.75) is 18.7 Å². The topological polar surface area (TPSA) is 63.5 Å². The number of nitrogens with zero attached hydrogens (tertiary/aromatic N) is 2. The van der Waals surface area contributed by atoms with Crippen molar-refractivity contribution in [3.63, 3.8) is 0 Å². The van der Waals surface area contributed by atoms with Crippen LogP contribution in [0.5, 0.6) is 0 Å². The maximum Gasteiger partial charge on any atom is 0.269 e. The number of likely N-dealkylation sites (tertiary alicyclic amines) is 1. The third-order valence-electron chi connectivity index (χ3n) is 3.41. The summed E-state index contributed by atoms with van der Waals surface area (Å²) in [5, 5.41) is 10.7. The van der Waals surface area contributed by atoms with Crippen molar-refractivity contribution in [3.8, 4) is 0 Å². The summed E-state index contributed by atoms with van der Waals surface area (Å²) < 4.78 is 0. The molecule has 6 heteroatoms. The number of nitro groups is 1. The van der Waals surface area contributed by atoms with Crippen LogP contribution in [0.25, 0.3) is 0 Å². The van der Waals surface area contributed by atoms with Gasteiger partial charge in [-0.25, -0.2) is 0 Å². The van der Waals surface area contributed by atoms with Crippen LogP contribution in [0.3, 0.4) is 0 Å². The summed E-state index contributed by atoms with van der Waals surface area (Å²) in [6.45, 7) is 3.28. The van der Waals surface area contributed by atoms with Gasteiger partial charge in [0.2, 0.25) is 0 Å². The predicted octanol–water partition coefficient (Wildman–Crippen LogP) is 2.68. The second kappa shape index (κ2) is 5.57. The first-order valence-electron chi connectivity index (χ1n) is 6.17. The molecule has 0 N–H and O–H groups in total. The molecule has 1 fully saturated rings. The fourth-order valence-corrected chi connectivity index (χ4v) is 2.39. The normalized spacial score (nSPS) is 23.2. The van der Waals surface area contributed by atoms with Crippen molar-refractivity contribution in [1.29, 1.82) is 0 Å². The monoisotopic (exact) mass is 282 g/mol. The average Bonchev–Trinajstić information content (AvgIpc) is 2.41. The van der Waals surface area contributed by atoms with E-state index in [2.05, 4.69) is 0 Å². The van der Waals surface area contributed by atoms with Crippen molar-refractivity contribution in [3.05, 3.63) is 39.9 Å². The molecule has 0 bridgehead atoms. The van der Waals surface area contributed by atoms with Crippen LogP contribution in [0, 0.1) is 16.0 Å². The van der Waals surface area contributed by atoms with Crippen molar-refractivity contribution in [1.82, 2.24) is 4.90 Å². The van der Waals surface area contributed by atoms with Crippen LogP contribution in [-0.2, 0) is 0 Å². The molecule has 0 aromatic heterocycles. The number of piperidine rings is 1. The second-order valence-corrected chi connectivity index (χ2v) is 5.40. The van der Waals surface area contributed by atoms with Crippen LogP contribution in [0.2, 0.25) is 0 Å². The van der Waals surface area contributed by atoms with E-state index in [9.17, 15) is 14.9 Å². The summed E-state index contributed by atoms with van der Waals surface area (Å²) in [7, 11) is 0. The van der Waals surface area contributed by atoms with Crippen molar-refractivity contribution >= 4 is 23.2 Å². The minimum atomic E-state index is -0.477. The van der Waals surface area contributed by atoms with Gasteiger partial charge >= 0.3 is 0 Å². The number of non-ortho nitro benzene ring substituents is 1. The summed E-state index contributed by atoms with van der Waals surface area (Å²) in [4.78, 5) is 24.1. The van der Waals surface area contributed by atoms with E-state index in [1.807, 2.05) is 6.92 Å². The van der Waals surface area contributed by atoms with Gasteiger partial charge in [0.25, 0.3) is 11.6 Å². The van der Waals surface area contributed by atoms with Crippen LogP contribution in [0.1, 0.15) is 23.7 Å². The summed E-state index contributed by atoms with van der Waals surface area (Å²) in [6, 6.07) is 5.70. The lowest BCUT2D eigenvalue weighted by Crippen LogP contribution is -2.43. The summed E-state index contributed by atoms with van der Waals surface area (Å²) in [5.74, 6) is 0.169. The number of alkyl halides is 1. The number of carbonyl (C=O) groups excluding carboxylic acids is 1. The summed E-state index contributed by atoms with van der Waals surface area (Å²) in [6.07, 6.45) is 0.779. The van der Waals surface area contributed by atoms with Gasteiger partial charge in [0.1, 0.15) is 0 Å². The largest absolute Gasteiger partial charge is 0.338 e. The fourth-order valence-electron chi connectivity index (χ4n) is 2.21. The molecule has 1 aliphatic rings. The lowest BCUT2D eigenvalue weighted by Gasteiger charge is -2.34. The van der Waals surface area contributed by atoms with Crippen LogP contribution in [0.4, 0.5) is 5.69 Å². The third kappa shape index (κ3) is 3.04. The number of nitro benzene ring substituents is 1. The molecule has 1 heterocycles. The molecule has 1 aliphatic heterocycles. The zero-order valence-electron chi connectivity index (χ0n) is 10.6. The number of hydrogen-bond acceptors (Lipinski definition) is 3. The molecule has 19 heavy (non-hydrogen) atoms. The Morgan fingerprint density at radius 3 is 2.58 bits per heavy atom. The lowest BCUT2D eigenvalue weighted by molar-refractivity contribution is -0.384. The molecule has 2 unspecified atom stereocenters. The molecule has 2 rings (SSSR count). The average molecular weight is 283 g/mol. The Kier molecular flexibility index (Phi) is 4.04. The zero-order valence-corrected chi connectivity index (χ0v) is 11.3. The molecule has 0 spiro atoms. The fraction of sp³-hybridized carbons (Fsp3) is 0.462. The molecule has 1 aromatic carbocycles. The van der Waals surface area contributed by atoms with Crippen LogP contribution >= 0.6 is 11.6 Å². The quantitative estimate of drug-likeness (QED) is 0.476. The second-order valence-electron chi connectivity index (χ2n) is 4.84. The Labute approximate surface area is 116 Å². The van der Waals surface area contributed by atoms with E-state index < -0.39 is 4.92 Å². The van der Waals surface area contributed by atoms with Gasteiger partial charge in [0.05, 0.1) is 4.92 Å². The lowest BCUT2D eigenvalue weighted by atomic mass is 9.99. The molecule has 1 saturated heterocycles. The van der Waals surface area contributed by atoms with Gasteiger partial charge in [0, 0.05) is 36.2 Å². The van der Waals surface area contributed by atoms with Gasteiger partial charge < -0.3 is 4.90 Å². The van der Waals surface area contributed by atoms with E-state index in [1.165, 1.54) is 24.3 Å². The number of hydrogen-bond donors (Lipinski definition) is 0. The summed E-state index contributed by atoms with van der Waals surface area (Å²) >= 11 is 6.13. The Morgan fingerprint density at radius 1 is 1.42 bits per heavy atom. The van der Waals surface area contributed by atoms with Crippen molar-refractivity contribution < 1.29 is 9.72 Å². The van der Waals surface area contributed by atoms with Crippen molar-refractivity contribution in [2.24, 2.45) is 5.92 Å². The van der Waals surface area contributed by atoms with Gasteiger partial charge in [0.15, 0.2) is 0 Å². The van der Waals surface area contributed by atoms with Gasteiger partial charge in [-0.2, -0.15) is 0 Å². The Hall–Kier alpha value is -1.62. The zero-order chi connectivity index (χ0) is 14.0. The number of rotatable bonds is 2. The highest BCUT2D eigenvalue weighted by Crippen LogP contribution is 2.23. The maximum atomic E-state index is 12.2. The third-order valence-corrected chi connectivity index (χ3v) is 4.06. The highest BCUT2D eigenvalue weighted by atomic mass is 35.5. The van der Waals surface area contributed by atoms with Gasteiger partial charge in [-0.15, -0.1) is 11.6 Å². The molecule has 102 valence electrons. The molecule has 0 saturated carbocycles. The van der Waals surface area contributed by atoms with E-state index in [0.29, 0.717) is 18.7 Å². The van der Waals surface area contributed by atoms with E-state index >= 15 is 0 Å². The Bertz CT molecular complexity index is 489. The molecule has 1 amide bonds. The number of amides is 1. The first kappa shape index (κ1) is 13.8. The van der Waals surface area contributed by atoms with Crippen LogP contribution in [0.15, 0.2) is 24.3 Å². The number of carbonyl (C=O) groups is 1. The standard InChI is InChI=1S/C13H15ClN2O3/c1-9-8-15(7-6-12(9)14)13(17)10-2-4-11(5-3-10)16(18)19/h2-5,9,12H,6-8H2,1H3. The molecular formula is C13H15ClN2O3. The molecular weight excluding hydrogens is 268 g/mol. The van der Waals surface area contributed by atoms with Gasteiger partial charge in [-0.1, -0.05) is 6.92 Å². The SMILES string of the molecule is CC1CN(C(=O)c2ccc([N+](=O)[O-])cc2)CCC1Cl. The van der Waals surface area contributed by atoms with Crippen LogP contribution < -0.4 is 0 Å². The van der Waals surface area contributed by atoms with Gasteiger partial charge in [-0.3, -0.25) is 14.9 Å². The van der Waals surface area contributed by atoms with Crippen molar-refractivity contribution in [2.75, 3.05) is 13.1 Å². The maximum absolute atomic E-state index is 12.2. The van der Waals surface area contributed by atoms with Gasteiger partial charge in [-0.05, 0) is 24.5 Å². The minimum absolute atomic E-state index is 0.00983. The first-order valence-corrected chi connectivity index (χ1v) is 6.60.